The lowest BCUT2D eigenvalue weighted by molar-refractivity contribution is -0.113. The van der Waals surface area contributed by atoms with Crippen molar-refractivity contribution in [3.05, 3.63) is 45.7 Å². The Kier molecular flexibility index (Phi) is 5.72. The molecule has 0 spiro atoms. The molecule has 1 aromatic heterocycles. The Hall–Kier alpha value is -2.19. The van der Waals surface area contributed by atoms with Crippen LogP contribution in [0.4, 0.5) is 5.82 Å². The highest BCUT2D eigenvalue weighted by molar-refractivity contribution is 8.00. The summed E-state index contributed by atoms with van der Waals surface area (Å²) in [5, 5.41) is 5.75. The molecule has 2 unspecified atom stereocenters. The lowest BCUT2D eigenvalue weighted by atomic mass is 9.94. The SMILES string of the molecule is CC(C)Oc1ccc(C2SCC(=O)Nc3c2c(=O)[nH]n3C2CCOC(C)(C)C2)cc1. The molecule has 30 heavy (non-hydrogen) atoms. The number of benzene rings is 1. The van der Waals surface area contributed by atoms with E-state index in [9.17, 15) is 9.59 Å². The van der Waals surface area contributed by atoms with Crippen LogP contribution >= 0.6 is 11.8 Å². The molecule has 0 saturated carbocycles. The summed E-state index contributed by atoms with van der Waals surface area (Å²) in [4.78, 5) is 25.5. The normalized spacial score (nSPS) is 23.6. The lowest BCUT2D eigenvalue weighted by Gasteiger charge is -2.36. The Bertz CT molecular complexity index is 977. The zero-order valence-electron chi connectivity index (χ0n) is 17.9. The molecule has 4 rings (SSSR count). The van der Waals surface area contributed by atoms with Crippen LogP contribution in [0, 0.1) is 0 Å². The number of H-pyrrole nitrogens is 1. The summed E-state index contributed by atoms with van der Waals surface area (Å²) in [5.41, 5.74) is 1.15. The van der Waals surface area contributed by atoms with Gasteiger partial charge in [-0.25, -0.2) is 0 Å². The van der Waals surface area contributed by atoms with Crippen LogP contribution in [0.1, 0.15) is 63.0 Å². The van der Waals surface area contributed by atoms with Gasteiger partial charge in [0.1, 0.15) is 11.6 Å². The number of aromatic amines is 1. The van der Waals surface area contributed by atoms with E-state index in [0.29, 0.717) is 23.7 Å². The molecule has 1 fully saturated rings. The Morgan fingerprint density at radius 3 is 2.63 bits per heavy atom. The second kappa shape index (κ2) is 8.15. The van der Waals surface area contributed by atoms with Gasteiger partial charge in [-0.15, -0.1) is 11.8 Å². The zero-order valence-corrected chi connectivity index (χ0v) is 18.7. The van der Waals surface area contributed by atoms with Crippen molar-refractivity contribution in [1.82, 2.24) is 9.78 Å². The van der Waals surface area contributed by atoms with Crippen LogP contribution in [0.2, 0.25) is 0 Å². The number of carbonyl (C=O) groups excluding carboxylic acids is 1. The Morgan fingerprint density at radius 2 is 1.97 bits per heavy atom. The summed E-state index contributed by atoms with van der Waals surface area (Å²) in [6, 6.07) is 7.85. The first kappa shape index (κ1) is 21.1. The number of carbonyl (C=O) groups is 1. The van der Waals surface area contributed by atoms with Crippen molar-refractivity contribution in [1.29, 1.82) is 0 Å². The maximum atomic E-state index is 13.0. The molecular formula is C22H29N3O4S. The number of nitrogens with zero attached hydrogens (tertiary/aromatic N) is 1. The van der Waals surface area contributed by atoms with Gasteiger partial charge in [0.25, 0.3) is 5.56 Å². The smallest absolute Gasteiger partial charge is 0.270 e. The van der Waals surface area contributed by atoms with Crippen LogP contribution in [-0.4, -0.2) is 39.8 Å². The number of aromatic nitrogens is 2. The van der Waals surface area contributed by atoms with Crippen molar-refractivity contribution in [2.24, 2.45) is 0 Å². The number of rotatable bonds is 4. The van der Waals surface area contributed by atoms with E-state index in [1.54, 1.807) is 0 Å². The minimum atomic E-state index is -0.272. The third-order valence-electron chi connectivity index (χ3n) is 5.45. The molecule has 0 aliphatic carbocycles. The van der Waals surface area contributed by atoms with Crippen LogP contribution in [-0.2, 0) is 9.53 Å². The fourth-order valence-corrected chi connectivity index (χ4v) is 5.32. The van der Waals surface area contributed by atoms with E-state index in [4.69, 9.17) is 9.47 Å². The van der Waals surface area contributed by atoms with E-state index in [1.807, 2.05) is 42.8 Å². The number of hydrogen-bond acceptors (Lipinski definition) is 5. The molecule has 1 aromatic carbocycles. The zero-order chi connectivity index (χ0) is 21.5. The number of ether oxygens (including phenoxy) is 2. The van der Waals surface area contributed by atoms with E-state index in [-0.39, 0.29) is 34.5 Å². The van der Waals surface area contributed by atoms with E-state index in [0.717, 1.165) is 24.2 Å². The monoisotopic (exact) mass is 431 g/mol. The van der Waals surface area contributed by atoms with Gasteiger partial charge in [-0.05, 0) is 58.2 Å². The predicted octanol–water partition coefficient (Wildman–Crippen LogP) is 3.87. The second-order valence-electron chi connectivity index (χ2n) is 8.80. The molecule has 3 heterocycles. The van der Waals surface area contributed by atoms with Crippen molar-refractivity contribution in [2.75, 3.05) is 17.7 Å². The van der Waals surface area contributed by atoms with Crippen LogP contribution in [0.3, 0.4) is 0 Å². The fraction of sp³-hybridized carbons (Fsp3) is 0.545. The average Bonchev–Trinajstić information content (AvgIpc) is 2.87. The number of amides is 1. The van der Waals surface area contributed by atoms with Crippen LogP contribution in [0.15, 0.2) is 29.1 Å². The van der Waals surface area contributed by atoms with Gasteiger partial charge in [0.15, 0.2) is 0 Å². The first-order chi connectivity index (χ1) is 14.2. The van der Waals surface area contributed by atoms with Gasteiger partial charge in [0, 0.05) is 6.61 Å². The van der Waals surface area contributed by atoms with Crippen molar-refractivity contribution in [3.8, 4) is 5.75 Å². The topological polar surface area (TPSA) is 85.4 Å². The van der Waals surface area contributed by atoms with Crippen molar-refractivity contribution in [3.63, 3.8) is 0 Å². The molecule has 2 aliphatic heterocycles. The van der Waals surface area contributed by atoms with Gasteiger partial charge in [-0.2, -0.15) is 0 Å². The molecule has 8 heteroatoms. The maximum Gasteiger partial charge on any atom is 0.270 e. The number of anilines is 1. The molecule has 0 bridgehead atoms. The van der Waals surface area contributed by atoms with Crippen LogP contribution in [0.25, 0.3) is 0 Å². The molecule has 2 N–H and O–H groups in total. The molecule has 162 valence electrons. The van der Waals surface area contributed by atoms with Crippen molar-refractivity contribution in [2.45, 2.75) is 63.5 Å². The summed E-state index contributed by atoms with van der Waals surface area (Å²) in [5.74, 6) is 1.58. The average molecular weight is 432 g/mol. The summed E-state index contributed by atoms with van der Waals surface area (Å²) in [6.07, 6.45) is 1.64. The standard InChI is InChI=1S/C22H29N3O4S/c1-13(2)29-16-7-5-14(6-8-16)19-18-20(23-17(26)12-30-19)25(24-21(18)27)15-9-10-28-22(3,4)11-15/h5-8,13,15,19H,9-12H2,1-4H3,(H,23,26)(H,24,27). The van der Waals surface area contributed by atoms with E-state index < -0.39 is 0 Å². The largest absolute Gasteiger partial charge is 0.491 e. The van der Waals surface area contributed by atoms with Crippen molar-refractivity contribution < 1.29 is 14.3 Å². The van der Waals surface area contributed by atoms with Gasteiger partial charge >= 0.3 is 0 Å². The first-order valence-corrected chi connectivity index (χ1v) is 11.4. The molecule has 7 nitrogen and oxygen atoms in total. The maximum absolute atomic E-state index is 13.0. The number of hydrogen-bond donors (Lipinski definition) is 2. The van der Waals surface area contributed by atoms with Gasteiger partial charge in [-0.1, -0.05) is 12.1 Å². The number of nitrogens with one attached hydrogen (secondary N) is 2. The Morgan fingerprint density at radius 1 is 1.23 bits per heavy atom. The molecule has 1 amide bonds. The van der Waals surface area contributed by atoms with Gasteiger partial charge in [0.05, 0.1) is 34.3 Å². The first-order valence-electron chi connectivity index (χ1n) is 10.4. The molecule has 2 atom stereocenters. The molecule has 0 radical (unpaired) electrons. The van der Waals surface area contributed by atoms with Crippen LogP contribution < -0.4 is 15.6 Å². The molecular weight excluding hydrogens is 402 g/mol. The Balaban J connectivity index is 1.72. The summed E-state index contributed by atoms with van der Waals surface area (Å²) < 4.78 is 13.4. The quantitative estimate of drug-likeness (QED) is 0.768. The van der Waals surface area contributed by atoms with Crippen molar-refractivity contribution >= 4 is 23.5 Å². The van der Waals surface area contributed by atoms with E-state index in [1.165, 1.54) is 11.8 Å². The highest BCUT2D eigenvalue weighted by Crippen LogP contribution is 2.42. The van der Waals surface area contributed by atoms with Gasteiger partial charge < -0.3 is 14.8 Å². The third kappa shape index (κ3) is 4.30. The molecule has 2 aliphatic rings. The Labute approximate surface area is 180 Å². The predicted molar refractivity (Wildman–Crippen MR) is 118 cm³/mol. The third-order valence-corrected chi connectivity index (χ3v) is 6.72. The number of thioether (sulfide) groups is 1. The summed E-state index contributed by atoms with van der Waals surface area (Å²) in [6.45, 7) is 8.70. The molecule has 1 saturated heterocycles. The highest BCUT2D eigenvalue weighted by Gasteiger charge is 2.36. The van der Waals surface area contributed by atoms with E-state index >= 15 is 0 Å². The lowest BCUT2D eigenvalue weighted by Crippen LogP contribution is -2.36. The number of fused-ring (bicyclic) bond motifs is 1. The second-order valence-corrected chi connectivity index (χ2v) is 9.90. The fourth-order valence-electron chi connectivity index (χ4n) is 4.19. The summed E-state index contributed by atoms with van der Waals surface area (Å²) in [7, 11) is 0. The highest BCUT2D eigenvalue weighted by atomic mass is 32.2. The molecule has 2 aromatic rings. The van der Waals surface area contributed by atoms with Gasteiger partial charge in [-0.3, -0.25) is 19.4 Å². The minimum absolute atomic E-state index is 0.0658. The van der Waals surface area contributed by atoms with Gasteiger partial charge in [0.2, 0.25) is 5.91 Å². The van der Waals surface area contributed by atoms with E-state index in [2.05, 4.69) is 24.3 Å². The minimum Gasteiger partial charge on any atom is -0.491 e. The summed E-state index contributed by atoms with van der Waals surface area (Å²) >= 11 is 1.47. The van der Waals surface area contributed by atoms with Crippen LogP contribution in [0.5, 0.6) is 5.75 Å².